The van der Waals surface area contributed by atoms with Crippen LogP contribution in [0.25, 0.3) is 33.9 Å². The van der Waals surface area contributed by atoms with E-state index in [1.165, 1.54) is 0 Å². The maximum atomic E-state index is 6.26. The van der Waals surface area contributed by atoms with Crippen LogP contribution < -0.4 is 0 Å². The molecule has 0 aliphatic heterocycles. The van der Waals surface area contributed by atoms with Crippen LogP contribution in [0, 0.1) is 0 Å². The molecular weight excluding hydrogens is 455 g/mol. The highest BCUT2D eigenvalue weighted by Crippen LogP contribution is 2.32. The van der Waals surface area contributed by atoms with Crippen molar-refractivity contribution in [3.63, 3.8) is 0 Å². The zero-order chi connectivity index (χ0) is 21.4. The molecule has 4 nitrogen and oxygen atoms in total. The van der Waals surface area contributed by atoms with Crippen LogP contribution in [0.2, 0.25) is 15.1 Å². The molecule has 0 radical (unpaired) electrons. The first-order valence-electron chi connectivity index (χ1n) is 9.31. The maximum absolute atomic E-state index is 6.26. The number of furan rings is 1. The average molecular weight is 468 g/mol. The zero-order valence-electron chi connectivity index (χ0n) is 15.9. The highest BCUT2D eigenvalue weighted by molar-refractivity contribution is 6.36. The number of fused-ring (bicyclic) bond motifs is 1. The van der Waals surface area contributed by atoms with E-state index in [-0.39, 0.29) is 0 Å². The molecule has 7 heteroatoms. The SMILES string of the molecule is Clc1ccc(-c2nc3cc(N=Cc4ccc(-c5ccc(Cl)cc5Cl)o4)ccc3o2)cc1. The maximum Gasteiger partial charge on any atom is 0.227 e. The normalized spacial score (nSPS) is 11.6. The molecule has 2 heterocycles. The van der Waals surface area contributed by atoms with Crippen molar-refractivity contribution in [2.45, 2.75) is 0 Å². The third kappa shape index (κ3) is 4.23. The Hall–Kier alpha value is -3.05. The molecule has 3 aromatic carbocycles. The molecule has 0 amide bonds. The lowest BCUT2D eigenvalue weighted by Crippen LogP contribution is -1.78. The van der Waals surface area contributed by atoms with E-state index in [9.17, 15) is 0 Å². The Balaban J connectivity index is 1.39. The summed E-state index contributed by atoms with van der Waals surface area (Å²) in [6.45, 7) is 0. The second-order valence-electron chi connectivity index (χ2n) is 6.76. The van der Waals surface area contributed by atoms with Gasteiger partial charge in [0.2, 0.25) is 5.89 Å². The summed E-state index contributed by atoms with van der Waals surface area (Å²) in [5, 5.41) is 1.76. The fourth-order valence-electron chi connectivity index (χ4n) is 3.11. The fraction of sp³-hybridized carbons (Fsp3) is 0. The molecule has 5 rings (SSSR count). The summed E-state index contributed by atoms with van der Waals surface area (Å²) in [4.78, 5) is 9.05. The van der Waals surface area contributed by atoms with Gasteiger partial charge in [-0.3, -0.25) is 4.99 Å². The van der Waals surface area contributed by atoms with Gasteiger partial charge in [-0.2, -0.15) is 0 Å². The van der Waals surface area contributed by atoms with Crippen molar-refractivity contribution >= 4 is 57.8 Å². The van der Waals surface area contributed by atoms with Crippen LogP contribution in [0.3, 0.4) is 0 Å². The number of oxazole rings is 1. The molecule has 0 aliphatic rings. The van der Waals surface area contributed by atoms with E-state index in [1.807, 2.05) is 48.5 Å². The minimum atomic E-state index is 0.526. The minimum Gasteiger partial charge on any atom is -0.455 e. The molecule has 0 saturated heterocycles. The van der Waals surface area contributed by atoms with Gasteiger partial charge < -0.3 is 8.83 Å². The molecule has 31 heavy (non-hydrogen) atoms. The van der Waals surface area contributed by atoms with Crippen molar-refractivity contribution in [2.75, 3.05) is 0 Å². The predicted molar refractivity (Wildman–Crippen MR) is 126 cm³/mol. The zero-order valence-corrected chi connectivity index (χ0v) is 18.1. The highest BCUT2D eigenvalue weighted by Gasteiger charge is 2.10. The first-order valence-corrected chi connectivity index (χ1v) is 10.4. The second-order valence-corrected chi connectivity index (χ2v) is 8.04. The number of aromatic nitrogens is 1. The van der Waals surface area contributed by atoms with Crippen LogP contribution in [-0.4, -0.2) is 11.2 Å². The molecule has 0 aliphatic carbocycles. The van der Waals surface area contributed by atoms with Crippen LogP contribution in [0.5, 0.6) is 0 Å². The standard InChI is InChI=1S/C24H13Cl3N2O2/c25-15-3-1-14(2-4-15)24-29-21-12-17(6-9-23(21)31-24)28-13-18-7-10-22(30-18)19-8-5-16(26)11-20(19)27/h1-13H. The van der Waals surface area contributed by atoms with Gasteiger partial charge in [0, 0.05) is 21.2 Å². The van der Waals surface area contributed by atoms with Crippen molar-refractivity contribution in [2.24, 2.45) is 4.99 Å². The Morgan fingerprint density at radius 1 is 0.774 bits per heavy atom. The minimum absolute atomic E-state index is 0.526. The largest absolute Gasteiger partial charge is 0.455 e. The number of aliphatic imine (C=N–C) groups is 1. The highest BCUT2D eigenvalue weighted by atomic mass is 35.5. The lowest BCUT2D eigenvalue weighted by molar-refractivity contribution is 0.575. The van der Waals surface area contributed by atoms with Gasteiger partial charge in [0.25, 0.3) is 0 Å². The quantitative estimate of drug-likeness (QED) is 0.249. The molecule has 5 aromatic rings. The van der Waals surface area contributed by atoms with Crippen molar-refractivity contribution in [1.82, 2.24) is 4.98 Å². The predicted octanol–water partition coefficient (Wildman–Crippen LogP) is 8.47. The topological polar surface area (TPSA) is 51.5 Å². The monoisotopic (exact) mass is 466 g/mol. The first-order chi connectivity index (χ1) is 15.0. The summed E-state index contributed by atoms with van der Waals surface area (Å²) >= 11 is 18.2. The summed E-state index contributed by atoms with van der Waals surface area (Å²) in [5.41, 5.74) is 3.75. The van der Waals surface area contributed by atoms with E-state index in [1.54, 1.807) is 30.5 Å². The second kappa shape index (κ2) is 8.23. The van der Waals surface area contributed by atoms with Gasteiger partial charge in [0.1, 0.15) is 17.0 Å². The Morgan fingerprint density at radius 2 is 1.58 bits per heavy atom. The molecule has 0 fully saturated rings. The molecule has 0 atom stereocenters. The van der Waals surface area contributed by atoms with Gasteiger partial charge in [-0.1, -0.05) is 34.8 Å². The molecule has 0 spiro atoms. The average Bonchev–Trinajstić information content (AvgIpc) is 3.39. The Bertz CT molecular complexity index is 1420. The number of halogens is 3. The van der Waals surface area contributed by atoms with E-state index in [0.29, 0.717) is 43.6 Å². The lowest BCUT2D eigenvalue weighted by Gasteiger charge is -2.00. The number of hydrogen-bond acceptors (Lipinski definition) is 4. The van der Waals surface area contributed by atoms with Crippen LogP contribution in [0.4, 0.5) is 5.69 Å². The van der Waals surface area contributed by atoms with Gasteiger partial charge >= 0.3 is 0 Å². The van der Waals surface area contributed by atoms with Crippen LogP contribution in [-0.2, 0) is 0 Å². The Morgan fingerprint density at radius 3 is 2.39 bits per heavy atom. The molecule has 0 saturated carbocycles. The molecule has 2 aromatic heterocycles. The van der Waals surface area contributed by atoms with Crippen molar-refractivity contribution in [1.29, 1.82) is 0 Å². The first kappa shape index (κ1) is 19.9. The molecule has 0 unspecified atom stereocenters. The fourth-order valence-corrected chi connectivity index (χ4v) is 3.73. The van der Waals surface area contributed by atoms with Gasteiger partial charge in [-0.15, -0.1) is 0 Å². The van der Waals surface area contributed by atoms with E-state index < -0.39 is 0 Å². The number of rotatable bonds is 4. The number of nitrogens with zero attached hydrogens (tertiary/aromatic N) is 2. The number of hydrogen-bond donors (Lipinski definition) is 0. The Kier molecular flexibility index (Phi) is 5.28. The van der Waals surface area contributed by atoms with Gasteiger partial charge in [-0.25, -0.2) is 4.98 Å². The smallest absolute Gasteiger partial charge is 0.227 e. The summed E-state index contributed by atoms with van der Waals surface area (Å²) in [6, 6.07) is 21.8. The number of benzene rings is 3. The van der Waals surface area contributed by atoms with Crippen LogP contribution in [0.1, 0.15) is 5.76 Å². The molecule has 0 bridgehead atoms. The summed E-state index contributed by atoms with van der Waals surface area (Å²) in [6.07, 6.45) is 1.65. The lowest BCUT2D eigenvalue weighted by atomic mass is 10.2. The van der Waals surface area contributed by atoms with Gasteiger partial charge in [0.05, 0.1) is 16.9 Å². The van der Waals surface area contributed by atoms with Gasteiger partial charge in [-0.05, 0) is 72.8 Å². The van der Waals surface area contributed by atoms with Crippen molar-refractivity contribution < 1.29 is 8.83 Å². The molecule has 152 valence electrons. The summed E-state index contributed by atoms with van der Waals surface area (Å²) in [7, 11) is 0. The molecule has 0 N–H and O–H groups in total. The van der Waals surface area contributed by atoms with Crippen molar-refractivity contribution in [3.05, 3.63) is 93.6 Å². The molecular formula is C24H13Cl3N2O2. The van der Waals surface area contributed by atoms with Crippen molar-refractivity contribution in [3.8, 4) is 22.8 Å². The third-order valence-corrected chi connectivity index (χ3v) is 5.43. The van der Waals surface area contributed by atoms with Gasteiger partial charge in [0.15, 0.2) is 5.58 Å². The van der Waals surface area contributed by atoms with Crippen LogP contribution >= 0.6 is 34.8 Å². The third-order valence-electron chi connectivity index (χ3n) is 4.63. The van der Waals surface area contributed by atoms with E-state index in [0.717, 1.165) is 16.8 Å². The summed E-state index contributed by atoms with van der Waals surface area (Å²) in [5.74, 6) is 1.77. The van der Waals surface area contributed by atoms with E-state index in [2.05, 4.69) is 9.98 Å². The van der Waals surface area contributed by atoms with E-state index >= 15 is 0 Å². The summed E-state index contributed by atoms with van der Waals surface area (Å²) < 4.78 is 11.7. The van der Waals surface area contributed by atoms with Crippen LogP contribution in [0.15, 0.2) is 86.6 Å². The van der Waals surface area contributed by atoms with E-state index in [4.69, 9.17) is 43.6 Å². The Labute approximate surface area is 192 Å².